The van der Waals surface area contributed by atoms with E-state index in [0.717, 1.165) is 6.42 Å². The first kappa shape index (κ1) is 15.9. The van der Waals surface area contributed by atoms with E-state index >= 15 is 0 Å². The Morgan fingerprint density at radius 3 is 2.11 bits per heavy atom. The second-order valence-corrected chi connectivity index (χ2v) is 5.70. The number of nitrogens with zero attached hydrogens (tertiary/aromatic N) is 1. The first-order valence-corrected chi connectivity index (χ1v) is 7.21. The summed E-state index contributed by atoms with van der Waals surface area (Å²) in [6, 6.07) is 9.22. The lowest BCUT2D eigenvalue weighted by molar-refractivity contribution is -0.117. The molecule has 1 rings (SSSR count). The third kappa shape index (κ3) is 4.79. The molecule has 106 valence electrons. The lowest BCUT2D eigenvalue weighted by atomic mass is 9.94. The third-order valence-electron chi connectivity index (χ3n) is 3.90. The molecule has 0 bridgehead atoms. The van der Waals surface area contributed by atoms with Gasteiger partial charge < -0.3 is 9.69 Å². The predicted octanol–water partition coefficient (Wildman–Crippen LogP) is 4.17. The fourth-order valence-electron chi connectivity index (χ4n) is 2.35. The van der Waals surface area contributed by atoms with Crippen LogP contribution >= 0.6 is 0 Å². The van der Waals surface area contributed by atoms with Crippen LogP contribution in [0.4, 0.5) is 0 Å². The van der Waals surface area contributed by atoms with Gasteiger partial charge in [0.25, 0.3) is 0 Å². The topological polar surface area (TPSA) is 20.3 Å². The van der Waals surface area contributed by atoms with E-state index in [2.05, 4.69) is 57.1 Å². The molecular formula is C17H27NO. The summed E-state index contributed by atoms with van der Waals surface area (Å²) in [5.41, 5.74) is 2.70. The van der Waals surface area contributed by atoms with Gasteiger partial charge in [0.05, 0.1) is 0 Å². The molecule has 2 unspecified atom stereocenters. The third-order valence-corrected chi connectivity index (χ3v) is 3.90. The van der Waals surface area contributed by atoms with Gasteiger partial charge in [-0.15, -0.1) is 0 Å². The molecule has 2 nitrogen and oxygen atoms in total. The Balaban J connectivity index is 2.82. The Hall–Kier alpha value is -1.15. The van der Waals surface area contributed by atoms with E-state index in [1.807, 2.05) is 0 Å². The van der Waals surface area contributed by atoms with E-state index in [1.165, 1.54) is 17.5 Å². The van der Waals surface area contributed by atoms with Gasteiger partial charge in [-0.25, -0.2) is 0 Å². The van der Waals surface area contributed by atoms with Gasteiger partial charge in [-0.1, -0.05) is 38.1 Å². The van der Waals surface area contributed by atoms with Crippen molar-refractivity contribution in [2.24, 2.45) is 0 Å². The number of rotatable bonds is 7. The monoisotopic (exact) mass is 261 g/mol. The first-order chi connectivity index (χ1) is 8.95. The van der Waals surface area contributed by atoms with Crippen LogP contribution in [-0.2, 0) is 4.79 Å². The van der Waals surface area contributed by atoms with Crippen LogP contribution < -0.4 is 0 Å². The molecule has 1 aromatic rings. The summed E-state index contributed by atoms with van der Waals surface area (Å²) in [7, 11) is 4.15. The Morgan fingerprint density at radius 2 is 1.68 bits per heavy atom. The highest BCUT2D eigenvalue weighted by atomic mass is 16.1. The van der Waals surface area contributed by atoms with E-state index in [0.29, 0.717) is 18.4 Å². The minimum atomic E-state index is 0.267. The zero-order valence-corrected chi connectivity index (χ0v) is 12.9. The highest BCUT2D eigenvalue weighted by molar-refractivity contribution is 5.75. The van der Waals surface area contributed by atoms with Crippen LogP contribution in [0.2, 0.25) is 0 Å². The maximum absolute atomic E-state index is 11.2. The number of carbonyl (C=O) groups is 1. The molecule has 0 aromatic heterocycles. The van der Waals surface area contributed by atoms with Crippen molar-refractivity contribution in [1.82, 2.24) is 4.90 Å². The Bertz CT molecular complexity index is 394. The van der Waals surface area contributed by atoms with Crippen LogP contribution in [-0.4, -0.2) is 24.8 Å². The van der Waals surface area contributed by atoms with Crippen molar-refractivity contribution in [3.8, 4) is 0 Å². The normalized spacial score (nSPS) is 14.4. The molecule has 0 fully saturated rings. The Morgan fingerprint density at radius 1 is 1.16 bits per heavy atom. The van der Waals surface area contributed by atoms with Gasteiger partial charge in [-0.3, -0.25) is 0 Å². The molecule has 0 aliphatic rings. The zero-order valence-electron chi connectivity index (χ0n) is 12.9. The van der Waals surface area contributed by atoms with Gasteiger partial charge in [0.2, 0.25) is 0 Å². The molecule has 0 radical (unpaired) electrons. The number of benzene rings is 1. The SMILES string of the molecule is CCC(C)c1ccc(C(CCC(C)=O)N(C)C)cc1. The second-order valence-electron chi connectivity index (χ2n) is 5.70. The summed E-state index contributed by atoms with van der Waals surface area (Å²) in [5.74, 6) is 0.882. The summed E-state index contributed by atoms with van der Waals surface area (Å²) in [6.07, 6.45) is 2.71. The van der Waals surface area contributed by atoms with Crippen molar-refractivity contribution in [3.63, 3.8) is 0 Å². The highest BCUT2D eigenvalue weighted by Gasteiger charge is 2.15. The number of Topliss-reactive ketones (excluding diaryl/α,β-unsaturated/α-hetero) is 1. The van der Waals surface area contributed by atoms with Gasteiger partial charge in [0.15, 0.2) is 0 Å². The van der Waals surface area contributed by atoms with Crippen molar-refractivity contribution >= 4 is 5.78 Å². The zero-order chi connectivity index (χ0) is 14.4. The molecule has 2 heteroatoms. The minimum Gasteiger partial charge on any atom is -0.302 e. The van der Waals surface area contributed by atoms with Gasteiger partial charge in [-0.05, 0) is 50.9 Å². The van der Waals surface area contributed by atoms with Gasteiger partial charge in [0.1, 0.15) is 5.78 Å². The van der Waals surface area contributed by atoms with E-state index < -0.39 is 0 Å². The molecule has 0 aliphatic heterocycles. The largest absolute Gasteiger partial charge is 0.302 e. The quantitative estimate of drug-likeness (QED) is 0.734. The summed E-state index contributed by atoms with van der Waals surface area (Å²) >= 11 is 0. The van der Waals surface area contributed by atoms with Crippen molar-refractivity contribution in [1.29, 1.82) is 0 Å². The van der Waals surface area contributed by atoms with Crippen LogP contribution in [0.3, 0.4) is 0 Å². The molecule has 0 aliphatic carbocycles. The van der Waals surface area contributed by atoms with Crippen LogP contribution in [0.1, 0.15) is 63.1 Å². The van der Waals surface area contributed by atoms with Crippen LogP contribution in [0.15, 0.2) is 24.3 Å². The van der Waals surface area contributed by atoms with Gasteiger partial charge in [0, 0.05) is 12.5 Å². The number of hydrogen-bond donors (Lipinski definition) is 0. The summed E-state index contributed by atoms with van der Waals surface area (Å²) < 4.78 is 0. The molecule has 0 heterocycles. The van der Waals surface area contributed by atoms with Crippen LogP contribution in [0.25, 0.3) is 0 Å². The smallest absolute Gasteiger partial charge is 0.129 e. The maximum atomic E-state index is 11.2. The van der Waals surface area contributed by atoms with Gasteiger partial charge in [-0.2, -0.15) is 0 Å². The highest BCUT2D eigenvalue weighted by Crippen LogP contribution is 2.26. The molecule has 0 spiro atoms. The second kappa shape index (κ2) is 7.44. The number of carbonyl (C=O) groups excluding carboxylic acids is 1. The molecule has 2 atom stereocenters. The van der Waals surface area contributed by atoms with Crippen molar-refractivity contribution in [3.05, 3.63) is 35.4 Å². The first-order valence-electron chi connectivity index (χ1n) is 7.21. The van der Waals surface area contributed by atoms with Crippen LogP contribution in [0, 0.1) is 0 Å². The summed E-state index contributed by atoms with van der Waals surface area (Å²) in [6.45, 7) is 6.14. The molecule has 19 heavy (non-hydrogen) atoms. The average Bonchev–Trinajstić information content (AvgIpc) is 2.38. The number of hydrogen-bond acceptors (Lipinski definition) is 2. The van der Waals surface area contributed by atoms with Crippen molar-refractivity contribution in [2.45, 2.75) is 52.0 Å². The predicted molar refractivity (Wildman–Crippen MR) is 81.5 cm³/mol. The van der Waals surface area contributed by atoms with Crippen LogP contribution in [0.5, 0.6) is 0 Å². The van der Waals surface area contributed by atoms with E-state index in [4.69, 9.17) is 0 Å². The average molecular weight is 261 g/mol. The fourth-order valence-corrected chi connectivity index (χ4v) is 2.35. The standard InChI is InChI=1S/C17H27NO/c1-6-13(2)15-8-10-16(11-9-15)17(18(4)5)12-7-14(3)19/h8-11,13,17H,6-7,12H2,1-5H3. The van der Waals surface area contributed by atoms with E-state index in [9.17, 15) is 4.79 Å². The van der Waals surface area contributed by atoms with Crippen molar-refractivity contribution < 1.29 is 4.79 Å². The lowest BCUT2D eigenvalue weighted by Crippen LogP contribution is -2.20. The Kier molecular flexibility index (Phi) is 6.23. The molecule has 1 aromatic carbocycles. The molecule has 0 saturated heterocycles. The molecule has 0 amide bonds. The minimum absolute atomic E-state index is 0.267. The lowest BCUT2D eigenvalue weighted by Gasteiger charge is -2.25. The Labute approximate surface area is 117 Å². The van der Waals surface area contributed by atoms with E-state index in [1.54, 1.807) is 6.92 Å². The molecule has 0 N–H and O–H groups in total. The summed E-state index contributed by atoms with van der Waals surface area (Å²) in [5, 5.41) is 0. The summed E-state index contributed by atoms with van der Waals surface area (Å²) in [4.78, 5) is 13.4. The molecular weight excluding hydrogens is 234 g/mol. The molecule has 0 saturated carbocycles. The van der Waals surface area contributed by atoms with E-state index in [-0.39, 0.29) is 5.78 Å². The fraction of sp³-hybridized carbons (Fsp3) is 0.588. The van der Waals surface area contributed by atoms with Crippen molar-refractivity contribution in [2.75, 3.05) is 14.1 Å². The number of ketones is 1. The van der Waals surface area contributed by atoms with Gasteiger partial charge >= 0.3 is 0 Å². The maximum Gasteiger partial charge on any atom is 0.129 e.